The SMILES string of the molecule is Cc1cc(Nc2ncnc3cccc(OC4CCN(C)C(C(F)(F)F)C4)c23)ccc1Oc1ccn2ncnc2c1. The van der Waals surface area contributed by atoms with Gasteiger partial charge in [0.1, 0.15) is 47.9 Å². The van der Waals surface area contributed by atoms with E-state index in [4.69, 9.17) is 9.47 Å². The summed E-state index contributed by atoms with van der Waals surface area (Å²) < 4.78 is 54.6. The van der Waals surface area contributed by atoms with Crippen LogP contribution in [-0.2, 0) is 0 Å². The zero-order valence-corrected chi connectivity index (χ0v) is 21.8. The summed E-state index contributed by atoms with van der Waals surface area (Å²) in [6.07, 6.45) is 0.134. The van der Waals surface area contributed by atoms with Crippen molar-refractivity contribution in [3.63, 3.8) is 0 Å². The molecule has 2 aromatic carbocycles. The average Bonchev–Trinajstić information content (AvgIpc) is 3.39. The molecule has 1 aliphatic rings. The molecule has 2 unspecified atom stereocenters. The molecular formula is C28H26F3N7O2. The van der Waals surface area contributed by atoms with Crippen molar-refractivity contribution in [3.05, 3.63) is 72.9 Å². The van der Waals surface area contributed by atoms with Gasteiger partial charge in [0, 0.05) is 30.9 Å². The number of ether oxygens (including phenoxy) is 2. The fourth-order valence-corrected chi connectivity index (χ4v) is 4.96. The molecule has 0 radical (unpaired) electrons. The Morgan fingerprint density at radius 1 is 1.00 bits per heavy atom. The van der Waals surface area contributed by atoms with Crippen LogP contribution >= 0.6 is 0 Å². The van der Waals surface area contributed by atoms with E-state index in [-0.39, 0.29) is 6.42 Å². The van der Waals surface area contributed by atoms with Gasteiger partial charge in [0.25, 0.3) is 0 Å². The Balaban J connectivity index is 1.24. The maximum Gasteiger partial charge on any atom is 0.404 e. The lowest BCUT2D eigenvalue weighted by molar-refractivity contribution is -0.194. The highest BCUT2D eigenvalue weighted by molar-refractivity contribution is 5.95. The number of pyridine rings is 1. The summed E-state index contributed by atoms with van der Waals surface area (Å²) in [5.74, 6) is 2.24. The molecule has 0 saturated carbocycles. The Kier molecular flexibility index (Phi) is 6.62. The topological polar surface area (TPSA) is 89.7 Å². The van der Waals surface area contributed by atoms with E-state index in [9.17, 15) is 13.2 Å². The number of aromatic nitrogens is 5. The second-order valence-corrected chi connectivity index (χ2v) is 9.81. The number of aryl methyl sites for hydroxylation is 1. The second kappa shape index (κ2) is 10.3. The van der Waals surface area contributed by atoms with Crippen molar-refractivity contribution in [1.29, 1.82) is 0 Å². The Bertz CT molecular complexity index is 1670. The number of hydrogen-bond donors (Lipinski definition) is 1. The van der Waals surface area contributed by atoms with Crippen LogP contribution in [0.3, 0.4) is 0 Å². The highest BCUT2D eigenvalue weighted by atomic mass is 19.4. The molecule has 5 aromatic rings. The Morgan fingerprint density at radius 2 is 1.88 bits per heavy atom. The van der Waals surface area contributed by atoms with Gasteiger partial charge in [0.15, 0.2) is 5.65 Å². The molecule has 3 aromatic heterocycles. The number of halogens is 3. The van der Waals surface area contributed by atoms with Crippen LogP contribution in [0.15, 0.2) is 67.4 Å². The number of benzene rings is 2. The lowest BCUT2D eigenvalue weighted by Gasteiger charge is -2.38. The first kappa shape index (κ1) is 25.8. The lowest BCUT2D eigenvalue weighted by atomic mass is 9.99. The van der Waals surface area contributed by atoms with E-state index in [1.165, 1.54) is 24.6 Å². The maximum absolute atomic E-state index is 13.6. The minimum atomic E-state index is -4.32. The molecule has 0 amide bonds. The minimum absolute atomic E-state index is 0.141. The van der Waals surface area contributed by atoms with E-state index < -0.39 is 18.3 Å². The van der Waals surface area contributed by atoms with Gasteiger partial charge in [-0.2, -0.15) is 18.3 Å². The number of rotatable bonds is 6. The number of nitrogens with one attached hydrogen (secondary N) is 1. The molecule has 40 heavy (non-hydrogen) atoms. The lowest BCUT2D eigenvalue weighted by Crippen LogP contribution is -2.51. The first-order valence-corrected chi connectivity index (χ1v) is 12.8. The van der Waals surface area contributed by atoms with Gasteiger partial charge in [-0.05, 0) is 62.4 Å². The number of fused-ring (bicyclic) bond motifs is 2. The summed E-state index contributed by atoms with van der Waals surface area (Å²) in [6, 6.07) is 13.0. The van der Waals surface area contributed by atoms with Gasteiger partial charge >= 0.3 is 6.18 Å². The molecule has 206 valence electrons. The van der Waals surface area contributed by atoms with Crippen LogP contribution in [0.5, 0.6) is 17.2 Å². The van der Waals surface area contributed by atoms with E-state index in [2.05, 4.69) is 25.4 Å². The van der Waals surface area contributed by atoms with Crippen LogP contribution in [0.1, 0.15) is 18.4 Å². The molecule has 6 rings (SSSR count). The van der Waals surface area contributed by atoms with Gasteiger partial charge in [-0.25, -0.2) is 19.5 Å². The number of piperidine rings is 1. The van der Waals surface area contributed by atoms with E-state index in [0.717, 1.165) is 11.3 Å². The van der Waals surface area contributed by atoms with E-state index >= 15 is 0 Å². The molecule has 0 aliphatic carbocycles. The Morgan fingerprint density at radius 3 is 2.70 bits per heavy atom. The smallest absolute Gasteiger partial charge is 0.404 e. The van der Waals surface area contributed by atoms with Crippen molar-refractivity contribution >= 4 is 28.1 Å². The van der Waals surface area contributed by atoms with Gasteiger partial charge in [-0.15, -0.1) is 0 Å². The summed E-state index contributed by atoms with van der Waals surface area (Å²) in [4.78, 5) is 14.3. The molecule has 12 heteroatoms. The number of hydrogen-bond acceptors (Lipinski definition) is 8. The summed E-state index contributed by atoms with van der Waals surface area (Å²) in [6.45, 7) is 2.22. The molecule has 4 heterocycles. The molecule has 1 aliphatic heterocycles. The van der Waals surface area contributed by atoms with Crippen molar-refractivity contribution < 1.29 is 22.6 Å². The van der Waals surface area contributed by atoms with E-state index in [0.29, 0.717) is 52.6 Å². The third kappa shape index (κ3) is 5.22. The predicted molar refractivity (Wildman–Crippen MR) is 143 cm³/mol. The van der Waals surface area contributed by atoms with Crippen LogP contribution in [0.25, 0.3) is 16.6 Å². The van der Waals surface area contributed by atoms with Crippen LogP contribution in [0.4, 0.5) is 24.7 Å². The standard InChI is InChI=1S/C28H26F3N7O2/c1-17-12-18(6-7-22(17)39-20-9-11-38-25(14-20)33-16-35-38)36-27-26-21(32-15-34-27)4-3-5-23(26)40-19-8-10-37(2)24(13-19)28(29,30)31/h3-7,9,11-12,14-16,19,24H,8,10,13H2,1-2H3,(H,32,34,36). The van der Waals surface area contributed by atoms with Crippen LogP contribution in [-0.4, -0.2) is 61.4 Å². The molecule has 0 bridgehead atoms. The highest BCUT2D eigenvalue weighted by Gasteiger charge is 2.46. The monoisotopic (exact) mass is 549 g/mol. The van der Waals surface area contributed by atoms with Crippen LogP contribution < -0.4 is 14.8 Å². The number of nitrogens with zero attached hydrogens (tertiary/aromatic N) is 6. The third-order valence-electron chi connectivity index (χ3n) is 7.04. The minimum Gasteiger partial charge on any atom is -0.489 e. The number of alkyl halides is 3. The Labute approximate surface area is 227 Å². The molecular weight excluding hydrogens is 523 g/mol. The average molecular weight is 550 g/mol. The van der Waals surface area contributed by atoms with Crippen molar-refractivity contribution in [3.8, 4) is 17.2 Å². The van der Waals surface area contributed by atoms with E-state index in [1.807, 2.05) is 37.3 Å². The van der Waals surface area contributed by atoms with Crippen LogP contribution in [0, 0.1) is 6.92 Å². The fraction of sp³-hybridized carbons (Fsp3) is 0.286. The third-order valence-corrected chi connectivity index (χ3v) is 7.04. The van der Waals surface area contributed by atoms with Crippen molar-refractivity contribution in [2.24, 2.45) is 0 Å². The predicted octanol–water partition coefficient (Wildman–Crippen LogP) is 5.92. The second-order valence-electron chi connectivity index (χ2n) is 9.81. The maximum atomic E-state index is 13.6. The van der Waals surface area contributed by atoms with Gasteiger partial charge in [-0.3, -0.25) is 4.90 Å². The zero-order valence-electron chi connectivity index (χ0n) is 21.8. The fourth-order valence-electron chi connectivity index (χ4n) is 4.96. The molecule has 2 atom stereocenters. The van der Waals surface area contributed by atoms with Gasteiger partial charge < -0.3 is 14.8 Å². The first-order chi connectivity index (χ1) is 19.2. The highest BCUT2D eigenvalue weighted by Crippen LogP contribution is 2.37. The normalized spacial score (nSPS) is 18.2. The molecule has 1 saturated heterocycles. The Hall–Kier alpha value is -4.45. The number of likely N-dealkylation sites (tertiary alicyclic amines) is 1. The summed E-state index contributed by atoms with van der Waals surface area (Å²) in [5.41, 5.74) is 2.93. The molecule has 1 fully saturated rings. The van der Waals surface area contributed by atoms with Crippen molar-refractivity contribution in [2.45, 2.75) is 38.1 Å². The molecule has 0 spiro atoms. The van der Waals surface area contributed by atoms with Crippen molar-refractivity contribution in [2.75, 3.05) is 18.9 Å². The largest absolute Gasteiger partial charge is 0.489 e. The van der Waals surface area contributed by atoms with Gasteiger partial charge in [0.05, 0.1) is 10.9 Å². The van der Waals surface area contributed by atoms with Gasteiger partial charge in [0.2, 0.25) is 0 Å². The first-order valence-electron chi connectivity index (χ1n) is 12.8. The van der Waals surface area contributed by atoms with Gasteiger partial charge in [-0.1, -0.05) is 6.07 Å². The number of anilines is 2. The van der Waals surface area contributed by atoms with E-state index in [1.54, 1.807) is 28.9 Å². The molecule has 1 N–H and O–H groups in total. The van der Waals surface area contributed by atoms with Crippen LogP contribution in [0.2, 0.25) is 0 Å². The zero-order chi connectivity index (χ0) is 27.9. The molecule has 9 nitrogen and oxygen atoms in total. The van der Waals surface area contributed by atoms with Crippen molar-refractivity contribution in [1.82, 2.24) is 29.5 Å². The summed E-state index contributed by atoms with van der Waals surface area (Å²) in [7, 11) is 1.50. The summed E-state index contributed by atoms with van der Waals surface area (Å²) in [5, 5.41) is 8.01. The summed E-state index contributed by atoms with van der Waals surface area (Å²) >= 11 is 0. The quantitative estimate of drug-likeness (QED) is 0.279.